The molecule has 0 bridgehead atoms. The van der Waals surface area contributed by atoms with Crippen LogP contribution in [0.4, 0.5) is 0 Å². The lowest BCUT2D eigenvalue weighted by Gasteiger charge is -2.18. The van der Waals surface area contributed by atoms with Crippen LogP contribution in [0.3, 0.4) is 0 Å². The molecule has 0 aliphatic rings. The second kappa shape index (κ2) is 6.40. The van der Waals surface area contributed by atoms with Crippen molar-refractivity contribution in [3.63, 3.8) is 0 Å². The molecule has 0 saturated heterocycles. The van der Waals surface area contributed by atoms with Gasteiger partial charge in [0.25, 0.3) is 0 Å². The van der Waals surface area contributed by atoms with Gasteiger partial charge < -0.3 is 15.6 Å². The maximum absolute atomic E-state index is 8.48. The van der Waals surface area contributed by atoms with E-state index in [1.165, 1.54) is 0 Å². The van der Waals surface area contributed by atoms with Crippen molar-refractivity contribution < 1.29 is 9.84 Å². The normalized spacial score (nSPS) is 18.8. The van der Waals surface area contributed by atoms with Crippen LogP contribution in [0.1, 0.15) is 33.6 Å². The van der Waals surface area contributed by atoms with E-state index in [2.05, 4.69) is 6.92 Å². The highest BCUT2D eigenvalue weighted by atomic mass is 16.6. The zero-order valence-corrected chi connectivity index (χ0v) is 8.29. The van der Waals surface area contributed by atoms with Crippen molar-refractivity contribution >= 4 is 0 Å². The maximum atomic E-state index is 8.48. The number of ether oxygens (including phenoxy) is 1. The molecule has 74 valence electrons. The van der Waals surface area contributed by atoms with Crippen molar-refractivity contribution in [3.8, 4) is 0 Å². The van der Waals surface area contributed by atoms with Gasteiger partial charge in [0.2, 0.25) is 0 Å². The first-order valence-corrected chi connectivity index (χ1v) is 4.54. The van der Waals surface area contributed by atoms with E-state index in [1.54, 1.807) is 0 Å². The van der Waals surface area contributed by atoms with Gasteiger partial charge in [0.15, 0.2) is 0 Å². The van der Waals surface area contributed by atoms with Crippen molar-refractivity contribution in [3.05, 3.63) is 0 Å². The Kier molecular flexibility index (Phi) is 6.34. The Labute approximate surface area is 74.9 Å². The van der Waals surface area contributed by atoms with Crippen LogP contribution in [0, 0.1) is 5.92 Å². The first-order chi connectivity index (χ1) is 5.56. The molecule has 0 fully saturated rings. The number of nitrogens with two attached hydrogens (primary N) is 1. The van der Waals surface area contributed by atoms with Crippen molar-refractivity contribution in [2.75, 3.05) is 6.79 Å². The largest absolute Gasteiger partial charge is 0.371 e. The molecule has 1 unspecified atom stereocenters. The van der Waals surface area contributed by atoms with Gasteiger partial charge in [-0.3, -0.25) is 0 Å². The van der Waals surface area contributed by atoms with Gasteiger partial charge in [0, 0.05) is 6.04 Å². The summed E-state index contributed by atoms with van der Waals surface area (Å²) in [6.45, 7) is 5.94. The smallest absolute Gasteiger partial charge is 0.143 e. The summed E-state index contributed by atoms with van der Waals surface area (Å²) in [7, 11) is 0. The lowest BCUT2D eigenvalue weighted by Crippen LogP contribution is -2.21. The molecule has 0 radical (unpaired) electrons. The van der Waals surface area contributed by atoms with Gasteiger partial charge in [0.05, 0.1) is 6.10 Å². The molecular weight excluding hydrogens is 154 g/mol. The highest BCUT2D eigenvalue weighted by Crippen LogP contribution is 2.13. The fourth-order valence-corrected chi connectivity index (χ4v) is 1.49. The molecule has 3 N–H and O–H groups in total. The summed E-state index contributed by atoms with van der Waals surface area (Å²) in [5, 5.41) is 8.48. The van der Waals surface area contributed by atoms with Gasteiger partial charge in [0.1, 0.15) is 6.79 Å². The quantitative estimate of drug-likeness (QED) is 0.594. The summed E-state index contributed by atoms with van der Waals surface area (Å²) in [5.41, 5.74) is 5.65. The van der Waals surface area contributed by atoms with Gasteiger partial charge in [-0.2, -0.15) is 0 Å². The third-order valence-corrected chi connectivity index (χ3v) is 1.87. The van der Waals surface area contributed by atoms with Gasteiger partial charge in [-0.1, -0.05) is 6.92 Å². The molecule has 0 aliphatic heterocycles. The summed E-state index contributed by atoms with van der Waals surface area (Å²) in [6.07, 6.45) is 2.10. The average Bonchev–Trinajstić information content (AvgIpc) is 1.84. The van der Waals surface area contributed by atoms with Gasteiger partial charge in [-0.05, 0) is 32.6 Å². The summed E-state index contributed by atoms with van der Waals surface area (Å²) >= 11 is 0. The Morgan fingerprint density at radius 1 is 1.25 bits per heavy atom. The van der Waals surface area contributed by atoms with Gasteiger partial charge in [-0.25, -0.2) is 0 Å². The Hall–Kier alpha value is -0.120. The zero-order valence-electron chi connectivity index (χ0n) is 8.29. The van der Waals surface area contributed by atoms with Crippen molar-refractivity contribution in [1.29, 1.82) is 0 Å². The van der Waals surface area contributed by atoms with Crippen LogP contribution in [0.2, 0.25) is 0 Å². The lowest BCUT2D eigenvalue weighted by atomic mass is 9.97. The van der Waals surface area contributed by atoms with Gasteiger partial charge in [-0.15, -0.1) is 0 Å². The molecule has 3 atom stereocenters. The summed E-state index contributed by atoms with van der Waals surface area (Å²) < 4.78 is 5.01. The molecule has 3 nitrogen and oxygen atoms in total. The Bertz CT molecular complexity index is 107. The number of aliphatic hydroxyl groups is 1. The molecule has 12 heavy (non-hydrogen) atoms. The van der Waals surface area contributed by atoms with Gasteiger partial charge >= 0.3 is 0 Å². The van der Waals surface area contributed by atoms with Crippen LogP contribution in [0.5, 0.6) is 0 Å². The number of hydrogen-bond acceptors (Lipinski definition) is 3. The Morgan fingerprint density at radius 3 is 2.25 bits per heavy atom. The molecule has 0 aliphatic carbocycles. The highest BCUT2D eigenvalue weighted by molar-refractivity contribution is 4.63. The number of aliphatic hydroxyl groups excluding tert-OH is 1. The molecule has 0 amide bonds. The fourth-order valence-electron chi connectivity index (χ4n) is 1.49. The summed E-state index contributed by atoms with van der Waals surface area (Å²) in [5.74, 6) is 0.562. The van der Waals surface area contributed by atoms with Crippen LogP contribution in [-0.2, 0) is 4.74 Å². The van der Waals surface area contributed by atoms with Crippen molar-refractivity contribution in [1.82, 2.24) is 0 Å². The minimum Gasteiger partial charge on any atom is -0.371 e. The second-order valence-corrected chi connectivity index (χ2v) is 3.66. The van der Waals surface area contributed by atoms with E-state index < -0.39 is 0 Å². The summed E-state index contributed by atoms with van der Waals surface area (Å²) in [6, 6.07) is 0.251. The molecule has 0 aromatic rings. The molecule has 0 aromatic carbocycles. The second-order valence-electron chi connectivity index (χ2n) is 3.66. The molecule has 0 heterocycles. The highest BCUT2D eigenvalue weighted by Gasteiger charge is 2.10. The third-order valence-electron chi connectivity index (χ3n) is 1.87. The lowest BCUT2D eigenvalue weighted by molar-refractivity contribution is -0.0500. The van der Waals surface area contributed by atoms with Crippen LogP contribution in [0.25, 0.3) is 0 Å². The minimum atomic E-state index is -0.188. The van der Waals surface area contributed by atoms with E-state index >= 15 is 0 Å². The topological polar surface area (TPSA) is 55.5 Å². The van der Waals surface area contributed by atoms with Crippen LogP contribution >= 0.6 is 0 Å². The van der Waals surface area contributed by atoms with E-state index in [9.17, 15) is 0 Å². The fraction of sp³-hybridized carbons (Fsp3) is 1.00. The third kappa shape index (κ3) is 6.58. The minimum absolute atomic E-state index is 0.128. The average molecular weight is 175 g/mol. The predicted molar refractivity (Wildman–Crippen MR) is 49.7 cm³/mol. The first kappa shape index (κ1) is 11.9. The van der Waals surface area contributed by atoms with E-state index in [1.807, 2.05) is 13.8 Å². The molecule has 0 saturated carbocycles. The maximum Gasteiger partial charge on any atom is 0.143 e. The predicted octanol–water partition coefficient (Wildman–Crippen LogP) is 1.10. The van der Waals surface area contributed by atoms with Crippen LogP contribution in [-0.4, -0.2) is 24.0 Å². The SMILES string of the molecule is CC(N)C[C@@H](C)C[C@@H](C)OCO. The van der Waals surface area contributed by atoms with E-state index in [0.29, 0.717) is 5.92 Å². The first-order valence-electron chi connectivity index (χ1n) is 4.54. The number of rotatable bonds is 6. The molecule has 0 aromatic heterocycles. The Morgan fingerprint density at radius 2 is 1.83 bits per heavy atom. The van der Waals surface area contributed by atoms with Crippen molar-refractivity contribution in [2.45, 2.75) is 45.8 Å². The summed E-state index contributed by atoms with van der Waals surface area (Å²) in [4.78, 5) is 0. The molecule has 0 spiro atoms. The molecule has 3 heteroatoms. The monoisotopic (exact) mass is 175 g/mol. The van der Waals surface area contributed by atoms with Crippen LogP contribution in [0.15, 0.2) is 0 Å². The van der Waals surface area contributed by atoms with Crippen molar-refractivity contribution in [2.24, 2.45) is 11.7 Å². The van der Waals surface area contributed by atoms with E-state index in [4.69, 9.17) is 15.6 Å². The zero-order chi connectivity index (χ0) is 9.56. The van der Waals surface area contributed by atoms with E-state index in [-0.39, 0.29) is 18.9 Å². The standard InChI is InChI=1S/C9H21NO2/c1-7(4-8(2)10)5-9(3)12-6-11/h7-9,11H,4-6,10H2,1-3H3/t7-,8?,9-/m1/s1. The number of hydrogen-bond donors (Lipinski definition) is 2. The van der Waals surface area contributed by atoms with E-state index in [0.717, 1.165) is 12.8 Å². The Balaban J connectivity index is 3.46. The van der Waals surface area contributed by atoms with Crippen LogP contribution < -0.4 is 5.73 Å². The molecular formula is C9H21NO2. The molecule has 0 rings (SSSR count).